The molecule has 91 heavy (non-hydrogen) atoms. The van der Waals surface area contributed by atoms with E-state index in [0.29, 0.717) is 31.6 Å². The molecule has 19 heteroatoms. The molecule has 0 aliphatic carbocycles. The summed E-state index contributed by atoms with van der Waals surface area (Å²) >= 11 is 0. The Morgan fingerprint density at radius 2 is 0.505 bits per heavy atom. The third kappa shape index (κ3) is 66.5. The molecule has 0 aromatic carbocycles. The summed E-state index contributed by atoms with van der Waals surface area (Å²) in [5.74, 6) is -1.44. The van der Waals surface area contributed by atoms with E-state index in [1.54, 1.807) is 0 Å². The molecule has 2 unspecified atom stereocenters. The zero-order valence-electron chi connectivity index (χ0n) is 59.0. The number of carbonyl (C=O) groups is 4. The van der Waals surface area contributed by atoms with Crippen LogP contribution in [0.15, 0.2) is 0 Å². The van der Waals surface area contributed by atoms with Gasteiger partial charge in [-0.3, -0.25) is 37.3 Å². The predicted molar refractivity (Wildman–Crippen MR) is 368 cm³/mol. The Labute approximate surface area is 556 Å². The van der Waals surface area contributed by atoms with Crippen LogP contribution in [0.1, 0.15) is 375 Å². The van der Waals surface area contributed by atoms with Crippen LogP contribution in [-0.4, -0.2) is 96.7 Å². The normalized spacial score (nSPS) is 14.0. The topological polar surface area (TPSA) is 237 Å². The Kier molecular flexibility index (Phi) is 64.0. The van der Waals surface area contributed by atoms with Crippen molar-refractivity contribution in [3.8, 4) is 0 Å². The smallest absolute Gasteiger partial charge is 0.462 e. The molecule has 0 amide bonds. The van der Waals surface area contributed by atoms with Crippen molar-refractivity contribution in [1.82, 2.24) is 0 Å². The number of phosphoric acid groups is 2. The average molecular weight is 1340 g/mol. The van der Waals surface area contributed by atoms with Gasteiger partial charge in [-0.05, 0) is 31.6 Å². The lowest BCUT2D eigenvalue weighted by molar-refractivity contribution is -0.161. The Hall–Kier alpha value is -1.94. The van der Waals surface area contributed by atoms with Gasteiger partial charge in [-0.2, -0.15) is 0 Å². The number of phosphoric ester groups is 2. The molecule has 5 atom stereocenters. The average Bonchev–Trinajstić information content (AvgIpc) is 3.59. The van der Waals surface area contributed by atoms with Crippen molar-refractivity contribution in [2.45, 2.75) is 393 Å². The maximum Gasteiger partial charge on any atom is 0.472 e. The second-order valence-electron chi connectivity index (χ2n) is 26.5. The third-order valence-corrected chi connectivity index (χ3v) is 18.7. The van der Waals surface area contributed by atoms with Gasteiger partial charge in [0.2, 0.25) is 0 Å². The quantitative estimate of drug-likeness (QED) is 0.0222. The highest BCUT2D eigenvalue weighted by Gasteiger charge is 2.30. The van der Waals surface area contributed by atoms with Crippen molar-refractivity contribution in [1.29, 1.82) is 0 Å². The van der Waals surface area contributed by atoms with Gasteiger partial charge in [0.15, 0.2) is 12.2 Å². The summed E-state index contributed by atoms with van der Waals surface area (Å²) in [7, 11) is -9.89. The Balaban J connectivity index is 5.11. The van der Waals surface area contributed by atoms with Crippen LogP contribution in [0, 0.1) is 5.92 Å². The van der Waals surface area contributed by atoms with E-state index in [1.165, 1.54) is 193 Å². The Morgan fingerprint density at radius 1 is 0.297 bits per heavy atom. The molecule has 0 aliphatic rings. The standard InChI is InChI=1S/C72H140O17P2/c1-6-9-12-15-17-19-21-23-25-26-27-28-29-30-32-34-36-38-42-47-52-57-71(76)89-68(62-83-70(75)56-51-46-41-37-35-33-31-24-22-20-18-16-13-10-7-2)64-87-91(80,81)85-60-66(73)59-84-90(78,79)86-63-67(61-82-69(74)55-50-44-14-11-8-3)88-72(77)58-53-48-43-39-40-45-49-54-65(4)5/h65-68,73H,6-64H2,1-5H3,(H,78,79)(H,80,81)/t66-,67+,68+/m0/s1. The lowest BCUT2D eigenvalue weighted by Crippen LogP contribution is -2.30. The van der Waals surface area contributed by atoms with Gasteiger partial charge in [-0.25, -0.2) is 9.13 Å². The number of unbranched alkanes of at least 4 members (excludes halogenated alkanes) is 44. The first-order valence-electron chi connectivity index (χ1n) is 37.6. The summed E-state index contributed by atoms with van der Waals surface area (Å²) in [6.07, 6.45) is 53.4. The van der Waals surface area contributed by atoms with Gasteiger partial charge in [-0.15, -0.1) is 0 Å². The van der Waals surface area contributed by atoms with E-state index in [-0.39, 0.29) is 25.7 Å². The molecule has 0 bridgehead atoms. The molecule has 17 nitrogen and oxygen atoms in total. The summed E-state index contributed by atoms with van der Waals surface area (Å²) in [6.45, 7) is 7.10. The van der Waals surface area contributed by atoms with Gasteiger partial charge in [0.05, 0.1) is 26.4 Å². The van der Waals surface area contributed by atoms with Crippen LogP contribution in [-0.2, 0) is 65.4 Å². The number of ether oxygens (including phenoxy) is 4. The highest BCUT2D eigenvalue weighted by atomic mass is 31.2. The second-order valence-corrected chi connectivity index (χ2v) is 29.4. The van der Waals surface area contributed by atoms with Crippen LogP contribution in [0.3, 0.4) is 0 Å². The van der Waals surface area contributed by atoms with Crippen molar-refractivity contribution >= 4 is 39.5 Å². The van der Waals surface area contributed by atoms with Crippen molar-refractivity contribution < 1.29 is 80.2 Å². The van der Waals surface area contributed by atoms with E-state index in [9.17, 15) is 43.2 Å². The van der Waals surface area contributed by atoms with Crippen molar-refractivity contribution in [3.05, 3.63) is 0 Å². The minimum absolute atomic E-state index is 0.103. The van der Waals surface area contributed by atoms with E-state index in [4.69, 9.17) is 37.0 Å². The summed E-state index contributed by atoms with van der Waals surface area (Å²) in [4.78, 5) is 72.3. The molecule has 0 heterocycles. The van der Waals surface area contributed by atoms with E-state index in [2.05, 4.69) is 34.6 Å². The molecule has 0 radical (unpaired) electrons. The number of aliphatic hydroxyl groups excluding tert-OH is 1. The van der Waals surface area contributed by atoms with E-state index < -0.39 is 97.5 Å². The van der Waals surface area contributed by atoms with Crippen LogP contribution in [0.2, 0.25) is 0 Å². The highest BCUT2D eigenvalue weighted by molar-refractivity contribution is 7.47. The molecule has 540 valence electrons. The van der Waals surface area contributed by atoms with Crippen molar-refractivity contribution in [2.24, 2.45) is 5.92 Å². The van der Waals surface area contributed by atoms with Crippen LogP contribution >= 0.6 is 15.6 Å². The third-order valence-electron chi connectivity index (χ3n) is 16.8. The Morgan fingerprint density at radius 3 is 0.747 bits per heavy atom. The molecule has 0 saturated carbocycles. The molecular formula is C72H140O17P2. The van der Waals surface area contributed by atoms with E-state index in [0.717, 1.165) is 96.3 Å². The van der Waals surface area contributed by atoms with Crippen LogP contribution < -0.4 is 0 Å². The lowest BCUT2D eigenvalue weighted by atomic mass is 10.0. The number of rotatable bonds is 72. The molecular weight excluding hydrogens is 1200 g/mol. The minimum atomic E-state index is -4.95. The van der Waals surface area contributed by atoms with Crippen molar-refractivity contribution in [2.75, 3.05) is 39.6 Å². The zero-order chi connectivity index (χ0) is 67.0. The molecule has 0 aromatic heterocycles. The van der Waals surface area contributed by atoms with E-state index >= 15 is 0 Å². The molecule has 3 N–H and O–H groups in total. The SMILES string of the molecule is CCCCCCCCCCCCCCCCCCCCCCCC(=O)O[C@H](COC(=O)CCCCCCCCCCCCCCCCC)COP(=O)(O)OC[C@@H](O)COP(=O)(O)OC[C@@H](COC(=O)CCCCCCC)OC(=O)CCCCCCCCCC(C)C. The summed E-state index contributed by atoms with van der Waals surface area (Å²) in [5, 5.41) is 10.6. The number of esters is 4. The zero-order valence-corrected chi connectivity index (χ0v) is 60.8. The maximum absolute atomic E-state index is 13.1. The molecule has 0 fully saturated rings. The number of hydrogen-bond acceptors (Lipinski definition) is 15. The largest absolute Gasteiger partial charge is 0.472 e. The minimum Gasteiger partial charge on any atom is -0.462 e. The second kappa shape index (κ2) is 65.4. The Bertz CT molecular complexity index is 1750. The van der Waals surface area contributed by atoms with Gasteiger partial charge in [0, 0.05) is 25.7 Å². The van der Waals surface area contributed by atoms with Crippen molar-refractivity contribution in [3.63, 3.8) is 0 Å². The number of aliphatic hydroxyl groups is 1. The first-order valence-corrected chi connectivity index (χ1v) is 40.6. The van der Waals surface area contributed by atoms with Crippen LogP contribution in [0.5, 0.6) is 0 Å². The molecule has 0 aromatic rings. The fraction of sp³-hybridized carbons (Fsp3) is 0.944. The number of carbonyl (C=O) groups excluding carboxylic acids is 4. The summed E-state index contributed by atoms with van der Waals surface area (Å²) < 4.78 is 68.1. The fourth-order valence-corrected chi connectivity index (χ4v) is 12.6. The van der Waals surface area contributed by atoms with Gasteiger partial charge >= 0.3 is 39.5 Å². The number of hydrogen-bond donors (Lipinski definition) is 3. The van der Waals surface area contributed by atoms with Crippen LogP contribution in [0.4, 0.5) is 0 Å². The fourth-order valence-electron chi connectivity index (χ4n) is 11.0. The van der Waals surface area contributed by atoms with Gasteiger partial charge < -0.3 is 33.8 Å². The summed E-state index contributed by atoms with van der Waals surface area (Å²) in [6, 6.07) is 0. The van der Waals surface area contributed by atoms with Gasteiger partial charge in [-0.1, -0.05) is 324 Å². The van der Waals surface area contributed by atoms with Gasteiger partial charge in [0.25, 0.3) is 0 Å². The first-order chi connectivity index (χ1) is 44.0. The maximum atomic E-state index is 13.1. The lowest BCUT2D eigenvalue weighted by Gasteiger charge is -2.21. The first kappa shape index (κ1) is 89.1. The molecule has 0 spiro atoms. The molecule has 0 aliphatic heterocycles. The summed E-state index contributed by atoms with van der Waals surface area (Å²) in [5.41, 5.74) is 0. The van der Waals surface area contributed by atoms with Gasteiger partial charge in [0.1, 0.15) is 19.3 Å². The highest BCUT2D eigenvalue weighted by Crippen LogP contribution is 2.45. The van der Waals surface area contributed by atoms with Crippen LogP contribution in [0.25, 0.3) is 0 Å². The monoisotopic (exact) mass is 1340 g/mol. The van der Waals surface area contributed by atoms with E-state index in [1.807, 2.05) is 0 Å². The molecule has 0 saturated heterocycles. The molecule has 0 rings (SSSR count). The predicted octanol–water partition coefficient (Wildman–Crippen LogP) is 20.9.